The van der Waals surface area contributed by atoms with E-state index in [4.69, 9.17) is 9.72 Å². The van der Waals surface area contributed by atoms with Crippen molar-refractivity contribution in [3.8, 4) is 22.9 Å². The van der Waals surface area contributed by atoms with Crippen LogP contribution in [-0.2, 0) is 0 Å². The first-order valence-corrected chi connectivity index (χ1v) is 13.2. The number of carbonyl (C=O) groups excluding carboxylic acids is 1. The molecule has 3 aliphatic heterocycles. The van der Waals surface area contributed by atoms with Crippen LogP contribution in [0.2, 0.25) is 0 Å². The summed E-state index contributed by atoms with van der Waals surface area (Å²) >= 11 is 0. The lowest BCUT2D eigenvalue weighted by Gasteiger charge is -2.56. The second kappa shape index (κ2) is 9.61. The maximum atomic E-state index is 14.0. The summed E-state index contributed by atoms with van der Waals surface area (Å²) < 4.78 is 21.5. The zero-order valence-electron chi connectivity index (χ0n) is 22.5. The Hall–Kier alpha value is -4.49. The lowest BCUT2D eigenvalue weighted by molar-refractivity contribution is 0.00572. The predicted octanol–water partition coefficient (Wildman–Crippen LogP) is 3.97. The van der Waals surface area contributed by atoms with E-state index in [1.54, 1.807) is 49.8 Å². The van der Waals surface area contributed by atoms with E-state index in [1.807, 2.05) is 23.1 Å². The molecular formula is C30H29FN6O3. The summed E-state index contributed by atoms with van der Waals surface area (Å²) in [5.74, 6) is 0.807. The molecule has 6 heterocycles. The molecule has 3 aliphatic rings. The number of hydrogen-bond donors (Lipinski definition) is 1. The van der Waals surface area contributed by atoms with Gasteiger partial charge in [0, 0.05) is 36.0 Å². The summed E-state index contributed by atoms with van der Waals surface area (Å²) in [4.78, 5) is 21.8. The number of aromatic nitrogens is 3. The lowest BCUT2D eigenvalue weighted by atomic mass is 9.86. The molecule has 9 nitrogen and oxygen atoms in total. The first kappa shape index (κ1) is 25.8. The Morgan fingerprint density at radius 1 is 1.20 bits per heavy atom. The van der Waals surface area contributed by atoms with E-state index in [1.165, 1.54) is 12.3 Å². The zero-order chi connectivity index (χ0) is 28.2. The highest BCUT2D eigenvalue weighted by atomic mass is 19.1. The van der Waals surface area contributed by atoms with Crippen LogP contribution in [0.25, 0.3) is 16.6 Å². The topological polar surface area (TPSA) is 107 Å². The molecule has 0 spiro atoms. The molecule has 1 N–H and O–H groups in total. The van der Waals surface area contributed by atoms with Gasteiger partial charge in [-0.15, -0.1) is 0 Å². The van der Waals surface area contributed by atoms with E-state index in [0.29, 0.717) is 41.0 Å². The predicted molar refractivity (Wildman–Crippen MR) is 147 cm³/mol. The molecular weight excluding hydrogens is 511 g/mol. The summed E-state index contributed by atoms with van der Waals surface area (Å²) in [6.07, 6.45) is 5.88. The molecule has 3 saturated heterocycles. The molecule has 7 rings (SSSR count). The van der Waals surface area contributed by atoms with Crippen molar-refractivity contribution in [1.82, 2.24) is 19.5 Å². The molecule has 0 radical (unpaired) electrons. The monoisotopic (exact) mass is 540 g/mol. The van der Waals surface area contributed by atoms with Crippen molar-refractivity contribution < 1.29 is 19.0 Å². The number of ether oxygens (including phenoxy) is 1. The van der Waals surface area contributed by atoms with Crippen molar-refractivity contribution in [2.24, 2.45) is 0 Å². The maximum Gasteiger partial charge on any atom is 0.254 e. The molecule has 4 aromatic rings. The summed E-state index contributed by atoms with van der Waals surface area (Å²) in [6, 6.07) is 12.7. The quantitative estimate of drug-likeness (QED) is 0.394. The van der Waals surface area contributed by atoms with Crippen LogP contribution >= 0.6 is 0 Å². The Balaban J connectivity index is 1.22. The zero-order valence-corrected chi connectivity index (χ0v) is 22.5. The highest BCUT2D eigenvalue weighted by Crippen LogP contribution is 2.37. The number of anilines is 1. The molecule has 3 fully saturated rings. The lowest BCUT2D eigenvalue weighted by Crippen LogP contribution is -2.70. The minimum absolute atomic E-state index is 0.0475. The normalized spacial score (nSPS) is 18.4. The fourth-order valence-electron chi connectivity index (χ4n) is 5.47. The van der Waals surface area contributed by atoms with Gasteiger partial charge in [-0.2, -0.15) is 10.4 Å². The number of aryl methyl sites for hydroxylation is 1. The molecule has 0 saturated carbocycles. The Labute approximate surface area is 231 Å². The number of carbonyl (C=O) groups is 1. The molecule has 40 heavy (non-hydrogen) atoms. The summed E-state index contributed by atoms with van der Waals surface area (Å²) in [5, 5.41) is 24.0. The molecule has 0 aliphatic carbocycles. The second-order valence-corrected chi connectivity index (χ2v) is 11.2. The summed E-state index contributed by atoms with van der Waals surface area (Å²) in [6.45, 7) is 6.40. The van der Waals surface area contributed by atoms with E-state index in [9.17, 15) is 19.6 Å². The van der Waals surface area contributed by atoms with E-state index in [0.717, 1.165) is 23.4 Å². The average Bonchev–Trinajstić information content (AvgIpc) is 3.36. The van der Waals surface area contributed by atoms with Crippen molar-refractivity contribution in [2.45, 2.75) is 44.9 Å². The van der Waals surface area contributed by atoms with Gasteiger partial charge in [-0.1, -0.05) is 6.07 Å². The number of benzene rings is 1. The third-order valence-electron chi connectivity index (χ3n) is 7.53. The van der Waals surface area contributed by atoms with Crippen molar-refractivity contribution in [3.63, 3.8) is 0 Å². The fourth-order valence-corrected chi connectivity index (χ4v) is 5.47. The molecule has 204 valence electrons. The van der Waals surface area contributed by atoms with Gasteiger partial charge < -0.3 is 19.6 Å². The van der Waals surface area contributed by atoms with E-state index in [2.05, 4.69) is 16.1 Å². The van der Waals surface area contributed by atoms with Gasteiger partial charge in [-0.25, -0.2) is 13.9 Å². The number of halogens is 1. The van der Waals surface area contributed by atoms with Gasteiger partial charge in [0.05, 0.1) is 41.2 Å². The van der Waals surface area contributed by atoms with Gasteiger partial charge in [0.1, 0.15) is 30.1 Å². The maximum absolute atomic E-state index is 14.0. The van der Waals surface area contributed by atoms with E-state index >= 15 is 0 Å². The van der Waals surface area contributed by atoms with Crippen molar-refractivity contribution in [1.29, 1.82) is 5.26 Å². The van der Waals surface area contributed by atoms with Crippen molar-refractivity contribution in [2.75, 3.05) is 24.6 Å². The van der Waals surface area contributed by atoms with Gasteiger partial charge in [0.15, 0.2) is 0 Å². The number of nitrogens with zero attached hydrogens (tertiary/aromatic N) is 6. The van der Waals surface area contributed by atoms with Crippen LogP contribution in [0.4, 0.5) is 10.2 Å². The second-order valence-electron chi connectivity index (χ2n) is 11.2. The number of fused-ring (bicyclic) bond motifs is 3. The van der Waals surface area contributed by atoms with Crippen LogP contribution in [0.3, 0.4) is 0 Å². The summed E-state index contributed by atoms with van der Waals surface area (Å²) in [5.41, 5.74) is 2.50. The van der Waals surface area contributed by atoms with Crippen LogP contribution in [0.1, 0.15) is 41.8 Å². The summed E-state index contributed by atoms with van der Waals surface area (Å²) in [7, 11) is 0. The average molecular weight is 541 g/mol. The molecule has 2 unspecified atom stereocenters. The molecule has 2 bridgehead atoms. The molecule has 2 atom stereocenters. The molecule has 1 amide bonds. The Morgan fingerprint density at radius 3 is 2.62 bits per heavy atom. The largest absolute Gasteiger partial charge is 0.489 e. The minimum atomic E-state index is -1.01. The van der Waals surface area contributed by atoms with Gasteiger partial charge in [-0.05, 0) is 63.1 Å². The van der Waals surface area contributed by atoms with Crippen LogP contribution in [0.5, 0.6) is 5.75 Å². The number of piperazine rings is 1. The highest BCUT2D eigenvalue weighted by Gasteiger charge is 2.47. The number of amides is 1. The Bertz CT molecular complexity index is 1640. The number of rotatable bonds is 6. The van der Waals surface area contributed by atoms with Crippen LogP contribution in [-0.4, -0.2) is 67.9 Å². The molecule has 1 aromatic carbocycles. The number of aliphatic hydroxyl groups is 1. The number of piperidine rings is 1. The van der Waals surface area contributed by atoms with E-state index < -0.39 is 5.60 Å². The van der Waals surface area contributed by atoms with Crippen LogP contribution < -0.4 is 9.64 Å². The molecule has 3 aromatic heterocycles. The third-order valence-corrected chi connectivity index (χ3v) is 7.53. The number of nitriles is 1. The third kappa shape index (κ3) is 4.62. The number of pyridine rings is 2. The standard InChI is InChI=1S/C30H29FN6O3/c1-18-4-5-19(8-26(18)31)29(38)37-22-9-23(37)15-35(14-22)27-7-6-20(12-33-27)25-10-24(40-17-30(2,3)39)16-36-28(25)21(11-32)13-34-36/h4-8,10,12-13,16,22-23,39H,9,14-15,17H2,1-3H3. The highest BCUT2D eigenvalue weighted by molar-refractivity contribution is 5.95. The van der Waals surface area contributed by atoms with Gasteiger partial charge in [0.2, 0.25) is 0 Å². The first-order chi connectivity index (χ1) is 19.1. The van der Waals surface area contributed by atoms with Crippen LogP contribution in [0, 0.1) is 24.1 Å². The van der Waals surface area contributed by atoms with Crippen molar-refractivity contribution >= 4 is 17.2 Å². The Kier molecular flexibility index (Phi) is 6.19. The fraction of sp³-hybridized carbons (Fsp3) is 0.333. The Morgan fingerprint density at radius 2 is 1.98 bits per heavy atom. The number of hydrogen-bond acceptors (Lipinski definition) is 7. The molecule has 10 heteroatoms. The van der Waals surface area contributed by atoms with Crippen LogP contribution in [0.15, 0.2) is 55.0 Å². The van der Waals surface area contributed by atoms with E-state index in [-0.39, 0.29) is 30.4 Å². The SMILES string of the molecule is Cc1ccc(C(=O)N2C3CC2CN(c2ccc(-c4cc(OCC(C)(C)O)cn5ncc(C#N)c45)cn2)C3)cc1F. The smallest absolute Gasteiger partial charge is 0.254 e. The first-order valence-electron chi connectivity index (χ1n) is 13.2. The minimum Gasteiger partial charge on any atom is -0.489 e. The van der Waals surface area contributed by atoms with Gasteiger partial charge >= 0.3 is 0 Å². The van der Waals surface area contributed by atoms with Crippen molar-refractivity contribution in [3.05, 3.63) is 77.5 Å². The van der Waals surface area contributed by atoms with Gasteiger partial charge in [-0.3, -0.25) is 4.79 Å². The van der Waals surface area contributed by atoms with Gasteiger partial charge in [0.25, 0.3) is 5.91 Å².